The molecule has 0 aromatic rings. The number of rotatable bonds is 1. The molecule has 2 aliphatic heterocycles. The van der Waals surface area contributed by atoms with Crippen LogP contribution in [0, 0.1) is 5.41 Å². The number of nitrogens with one attached hydrogen (secondary N) is 1. The first-order valence-corrected chi connectivity index (χ1v) is 10.5. The molecule has 0 aromatic heterocycles. The molecule has 1 atom stereocenters. The molecule has 1 aliphatic carbocycles. The van der Waals surface area contributed by atoms with E-state index < -0.39 is 7.94 Å². The Morgan fingerprint density at radius 2 is 1.62 bits per heavy atom. The highest BCUT2D eigenvalue weighted by molar-refractivity contribution is 8.02. The molecule has 3 fully saturated rings. The molecule has 2 heterocycles. The topological polar surface area (TPSA) is 53.5 Å². The summed E-state index contributed by atoms with van der Waals surface area (Å²) in [6.07, 6.45) is 6.13. The SMILES string of the molecule is CC1(C)CO[P+]([O-])([C@@H]2NC3(CCCCC3)SC2(C)C)OC1. The van der Waals surface area contributed by atoms with Gasteiger partial charge in [0.25, 0.3) is 7.94 Å². The molecule has 6 heteroatoms. The zero-order valence-corrected chi connectivity index (χ0v) is 15.3. The third-order valence-electron chi connectivity index (χ3n) is 4.76. The molecule has 0 unspecified atom stereocenters. The summed E-state index contributed by atoms with van der Waals surface area (Å²) in [5, 5.41) is 3.68. The first-order chi connectivity index (χ1) is 9.67. The molecule has 1 spiro atoms. The summed E-state index contributed by atoms with van der Waals surface area (Å²) in [5.41, 5.74) is -0.0493. The molecule has 2 saturated heterocycles. The van der Waals surface area contributed by atoms with Crippen molar-refractivity contribution < 1.29 is 13.9 Å². The molecule has 122 valence electrons. The van der Waals surface area contributed by atoms with E-state index in [1.807, 2.05) is 11.8 Å². The van der Waals surface area contributed by atoms with Crippen LogP contribution in [0.4, 0.5) is 0 Å². The van der Waals surface area contributed by atoms with Crippen molar-refractivity contribution in [2.75, 3.05) is 13.2 Å². The molecule has 0 amide bonds. The van der Waals surface area contributed by atoms with Crippen LogP contribution in [-0.2, 0) is 9.05 Å². The smallest absolute Gasteiger partial charge is 0.256 e. The fraction of sp³-hybridized carbons (Fsp3) is 1.00. The Labute approximate surface area is 133 Å². The summed E-state index contributed by atoms with van der Waals surface area (Å²) in [6, 6.07) is 0. The second kappa shape index (κ2) is 5.32. The predicted octanol–water partition coefficient (Wildman–Crippen LogP) is 3.28. The average Bonchev–Trinajstić information content (AvgIpc) is 2.66. The van der Waals surface area contributed by atoms with E-state index in [0.29, 0.717) is 13.2 Å². The third-order valence-corrected chi connectivity index (χ3v) is 9.00. The molecule has 0 aromatic carbocycles. The van der Waals surface area contributed by atoms with Crippen LogP contribution >= 0.6 is 19.7 Å². The van der Waals surface area contributed by atoms with Crippen LogP contribution in [-0.4, -0.2) is 28.6 Å². The lowest BCUT2D eigenvalue weighted by Crippen LogP contribution is -2.51. The number of hydrogen-bond acceptors (Lipinski definition) is 5. The normalized spacial score (nSPS) is 36.7. The molecule has 3 aliphatic rings. The average molecular weight is 333 g/mol. The Hall–Kier alpha value is 0.620. The van der Waals surface area contributed by atoms with Crippen molar-refractivity contribution in [2.45, 2.75) is 75.2 Å². The summed E-state index contributed by atoms with van der Waals surface area (Å²) in [5.74, 6) is -0.204. The molecule has 1 saturated carbocycles. The van der Waals surface area contributed by atoms with Crippen molar-refractivity contribution in [1.29, 1.82) is 0 Å². The summed E-state index contributed by atoms with van der Waals surface area (Å²) < 4.78 is 11.5. The zero-order chi connectivity index (χ0) is 15.4. The largest absolute Gasteiger partial charge is 0.630 e. The van der Waals surface area contributed by atoms with Crippen LogP contribution in [0.3, 0.4) is 0 Å². The van der Waals surface area contributed by atoms with Gasteiger partial charge in [0.15, 0.2) is 5.78 Å². The second-order valence-electron chi connectivity index (χ2n) is 8.06. The van der Waals surface area contributed by atoms with Crippen LogP contribution in [0.2, 0.25) is 0 Å². The quantitative estimate of drug-likeness (QED) is 0.746. The van der Waals surface area contributed by atoms with Crippen molar-refractivity contribution in [3.63, 3.8) is 0 Å². The lowest BCUT2D eigenvalue weighted by Gasteiger charge is -2.43. The van der Waals surface area contributed by atoms with Gasteiger partial charge in [-0.3, -0.25) is 5.32 Å². The summed E-state index contributed by atoms with van der Waals surface area (Å²) in [6.45, 7) is 9.53. The summed E-state index contributed by atoms with van der Waals surface area (Å²) >= 11 is 1.95. The minimum atomic E-state index is -3.09. The van der Waals surface area contributed by atoms with Gasteiger partial charge in [0.1, 0.15) is 13.2 Å². The van der Waals surface area contributed by atoms with E-state index in [0.717, 1.165) is 12.8 Å². The molecule has 0 radical (unpaired) electrons. The van der Waals surface area contributed by atoms with Crippen LogP contribution in [0.1, 0.15) is 59.8 Å². The molecule has 4 nitrogen and oxygen atoms in total. The molecule has 1 N–H and O–H groups in total. The summed E-state index contributed by atoms with van der Waals surface area (Å²) in [4.78, 5) is 13.3. The lowest BCUT2D eigenvalue weighted by molar-refractivity contribution is -0.237. The minimum Gasteiger partial charge on any atom is -0.630 e. The first kappa shape index (κ1) is 16.5. The molecule has 21 heavy (non-hydrogen) atoms. The third kappa shape index (κ3) is 3.15. The summed E-state index contributed by atoms with van der Waals surface area (Å²) in [7, 11) is -3.09. The first-order valence-electron chi connectivity index (χ1n) is 8.03. The molecule has 3 rings (SSSR count). The zero-order valence-electron chi connectivity index (χ0n) is 13.6. The monoisotopic (exact) mass is 333 g/mol. The lowest BCUT2D eigenvalue weighted by atomic mass is 9.94. The molecule has 0 bridgehead atoms. The fourth-order valence-corrected chi connectivity index (χ4v) is 8.68. The van der Waals surface area contributed by atoms with Gasteiger partial charge >= 0.3 is 0 Å². The number of hydrogen-bond donors (Lipinski definition) is 1. The maximum Gasteiger partial charge on any atom is 0.256 e. The number of thioether (sulfide) groups is 1. The highest BCUT2D eigenvalue weighted by atomic mass is 32.2. The van der Waals surface area contributed by atoms with Crippen molar-refractivity contribution in [1.82, 2.24) is 5.32 Å². The maximum atomic E-state index is 13.2. The van der Waals surface area contributed by atoms with E-state index in [9.17, 15) is 4.89 Å². The van der Waals surface area contributed by atoms with Gasteiger partial charge in [-0.15, -0.1) is 11.8 Å². The van der Waals surface area contributed by atoms with E-state index >= 15 is 0 Å². The van der Waals surface area contributed by atoms with E-state index in [1.54, 1.807) is 0 Å². The van der Waals surface area contributed by atoms with E-state index in [2.05, 4.69) is 33.0 Å². The molecular formula is C15H28NO3PS. The van der Waals surface area contributed by atoms with Crippen LogP contribution < -0.4 is 10.2 Å². The minimum absolute atomic E-state index is 0.0493. The Balaban J connectivity index is 1.78. The van der Waals surface area contributed by atoms with Gasteiger partial charge in [0, 0.05) is 5.41 Å². The van der Waals surface area contributed by atoms with Crippen LogP contribution in [0.5, 0.6) is 0 Å². The highest BCUT2D eigenvalue weighted by Crippen LogP contribution is 2.69. The van der Waals surface area contributed by atoms with E-state index in [-0.39, 0.29) is 20.8 Å². The van der Waals surface area contributed by atoms with Crippen molar-refractivity contribution in [2.24, 2.45) is 5.41 Å². The standard InChI is InChI=1S/C15H28NO3PS/c1-13(2)10-18-20(17,19-11-13)12-14(3,4)21-15(16-12)8-6-5-7-9-15/h12,16H,5-11H2,1-4H3/t12-/m0/s1. The van der Waals surface area contributed by atoms with Crippen molar-refractivity contribution >= 4 is 19.7 Å². The van der Waals surface area contributed by atoms with Gasteiger partial charge in [0.05, 0.1) is 9.62 Å². The van der Waals surface area contributed by atoms with E-state index in [1.165, 1.54) is 19.3 Å². The van der Waals surface area contributed by atoms with Crippen molar-refractivity contribution in [3.8, 4) is 0 Å². The van der Waals surface area contributed by atoms with Crippen molar-refractivity contribution in [3.05, 3.63) is 0 Å². The predicted molar refractivity (Wildman–Crippen MR) is 87.0 cm³/mol. The fourth-order valence-electron chi connectivity index (χ4n) is 3.60. The Morgan fingerprint density at radius 1 is 1.05 bits per heavy atom. The van der Waals surface area contributed by atoms with Gasteiger partial charge < -0.3 is 4.89 Å². The molecular weight excluding hydrogens is 305 g/mol. The van der Waals surface area contributed by atoms with Crippen LogP contribution in [0.25, 0.3) is 0 Å². The Bertz CT molecular complexity index is 400. The van der Waals surface area contributed by atoms with Gasteiger partial charge in [0.2, 0.25) is 0 Å². The van der Waals surface area contributed by atoms with Gasteiger partial charge in [-0.1, -0.05) is 33.1 Å². The van der Waals surface area contributed by atoms with Gasteiger partial charge in [-0.05, 0) is 26.7 Å². The Kier molecular flexibility index (Phi) is 4.18. The van der Waals surface area contributed by atoms with E-state index in [4.69, 9.17) is 9.05 Å². The Morgan fingerprint density at radius 3 is 2.19 bits per heavy atom. The van der Waals surface area contributed by atoms with Crippen LogP contribution in [0.15, 0.2) is 0 Å². The maximum absolute atomic E-state index is 13.2. The van der Waals surface area contributed by atoms with Gasteiger partial charge in [-0.25, -0.2) is 9.05 Å². The highest BCUT2D eigenvalue weighted by Gasteiger charge is 2.62. The second-order valence-corrected chi connectivity index (χ2v) is 12.2. The van der Waals surface area contributed by atoms with Gasteiger partial charge in [-0.2, -0.15) is 0 Å².